The van der Waals surface area contributed by atoms with Gasteiger partial charge in [-0.15, -0.1) is 0 Å². The molecule has 0 aliphatic heterocycles. The highest BCUT2D eigenvalue weighted by atomic mass is 32.2. The van der Waals surface area contributed by atoms with Gasteiger partial charge < -0.3 is 0 Å². The molecular formula is C13H17FN2O2S. The Hall–Kier alpha value is -1.45. The first-order chi connectivity index (χ1) is 8.84. The van der Waals surface area contributed by atoms with Crippen LogP contribution in [0.2, 0.25) is 0 Å². The van der Waals surface area contributed by atoms with Crippen LogP contribution in [0.1, 0.15) is 32.3 Å². The van der Waals surface area contributed by atoms with Crippen molar-refractivity contribution in [2.45, 2.75) is 37.6 Å². The van der Waals surface area contributed by atoms with Crippen LogP contribution < -0.4 is 0 Å². The number of rotatable bonds is 5. The van der Waals surface area contributed by atoms with Crippen molar-refractivity contribution in [3.63, 3.8) is 0 Å². The highest BCUT2D eigenvalue weighted by Gasteiger charge is 2.25. The van der Waals surface area contributed by atoms with Crippen LogP contribution in [-0.2, 0) is 10.0 Å². The largest absolute Gasteiger partial charge is 0.243 e. The average molecular weight is 284 g/mol. The third-order valence-electron chi connectivity index (χ3n) is 3.06. The van der Waals surface area contributed by atoms with E-state index in [1.807, 2.05) is 13.8 Å². The zero-order valence-electron chi connectivity index (χ0n) is 11.2. The smallest absolute Gasteiger partial charge is 0.207 e. The molecule has 1 aromatic carbocycles. The van der Waals surface area contributed by atoms with E-state index in [4.69, 9.17) is 5.26 Å². The number of halogens is 1. The predicted octanol–water partition coefficient (Wildman–Crippen LogP) is 2.51. The number of hydrogen-bond acceptors (Lipinski definition) is 3. The maximum atomic E-state index is 13.2. The van der Waals surface area contributed by atoms with Gasteiger partial charge in [0.2, 0.25) is 10.0 Å². The molecule has 0 N–H and O–H groups in total. The predicted molar refractivity (Wildman–Crippen MR) is 70.4 cm³/mol. The van der Waals surface area contributed by atoms with Crippen molar-refractivity contribution in [1.82, 2.24) is 4.31 Å². The van der Waals surface area contributed by atoms with Gasteiger partial charge in [-0.1, -0.05) is 13.3 Å². The number of benzene rings is 1. The molecule has 0 amide bonds. The van der Waals surface area contributed by atoms with E-state index in [1.54, 1.807) is 6.07 Å². The Morgan fingerprint density at radius 3 is 2.63 bits per heavy atom. The first kappa shape index (κ1) is 15.6. The summed E-state index contributed by atoms with van der Waals surface area (Å²) in [6.45, 7) is 3.79. The highest BCUT2D eigenvalue weighted by molar-refractivity contribution is 7.89. The maximum Gasteiger partial charge on any atom is 0.243 e. The fraction of sp³-hybridized carbons (Fsp3) is 0.462. The van der Waals surface area contributed by atoms with Crippen LogP contribution >= 0.6 is 0 Å². The number of sulfonamides is 1. The van der Waals surface area contributed by atoms with E-state index in [0.29, 0.717) is 0 Å². The molecule has 4 nitrogen and oxygen atoms in total. The van der Waals surface area contributed by atoms with E-state index in [9.17, 15) is 12.8 Å². The average Bonchev–Trinajstić information content (AvgIpc) is 2.38. The van der Waals surface area contributed by atoms with Crippen LogP contribution in [-0.4, -0.2) is 25.8 Å². The van der Waals surface area contributed by atoms with Crippen molar-refractivity contribution in [2.24, 2.45) is 0 Å². The molecule has 19 heavy (non-hydrogen) atoms. The Labute approximate surface area is 113 Å². The standard InChI is InChI=1S/C13H17FN2O2S/c1-4-5-10(2)16(3)19(17,18)12-6-7-13(14)11(8-12)9-15/h6-8,10H,4-5H2,1-3H3. The summed E-state index contributed by atoms with van der Waals surface area (Å²) in [6.07, 6.45) is 1.61. The van der Waals surface area contributed by atoms with Crippen molar-refractivity contribution in [3.8, 4) is 6.07 Å². The Bertz CT molecular complexity index is 593. The topological polar surface area (TPSA) is 61.2 Å². The van der Waals surface area contributed by atoms with Gasteiger partial charge >= 0.3 is 0 Å². The molecule has 0 bridgehead atoms. The van der Waals surface area contributed by atoms with Gasteiger partial charge in [0.15, 0.2) is 0 Å². The van der Waals surface area contributed by atoms with Gasteiger partial charge in [0.05, 0.1) is 10.5 Å². The fourth-order valence-electron chi connectivity index (χ4n) is 1.75. The molecule has 1 unspecified atom stereocenters. The monoisotopic (exact) mass is 284 g/mol. The van der Waals surface area contributed by atoms with Gasteiger partial charge in [-0.25, -0.2) is 12.8 Å². The third kappa shape index (κ3) is 3.31. The van der Waals surface area contributed by atoms with Gasteiger partial charge in [0.25, 0.3) is 0 Å². The number of nitrogens with zero attached hydrogens (tertiary/aromatic N) is 2. The molecule has 0 aliphatic carbocycles. The molecule has 0 spiro atoms. The molecule has 104 valence electrons. The van der Waals surface area contributed by atoms with Crippen LogP contribution in [0.5, 0.6) is 0 Å². The summed E-state index contributed by atoms with van der Waals surface area (Å²) in [5, 5.41) is 8.74. The molecule has 0 aromatic heterocycles. The molecule has 1 atom stereocenters. The molecule has 0 heterocycles. The zero-order chi connectivity index (χ0) is 14.6. The number of hydrogen-bond donors (Lipinski definition) is 0. The first-order valence-corrected chi connectivity index (χ1v) is 7.46. The second-order valence-electron chi connectivity index (χ2n) is 4.41. The summed E-state index contributed by atoms with van der Waals surface area (Å²) in [6, 6.07) is 4.75. The lowest BCUT2D eigenvalue weighted by molar-refractivity contribution is 0.368. The minimum Gasteiger partial charge on any atom is -0.207 e. The van der Waals surface area contributed by atoms with Gasteiger partial charge in [-0.3, -0.25) is 0 Å². The van der Waals surface area contributed by atoms with Crippen molar-refractivity contribution in [2.75, 3.05) is 7.05 Å². The minimum atomic E-state index is -3.69. The van der Waals surface area contributed by atoms with E-state index < -0.39 is 15.8 Å². The van der Waals surface area contributed by atoms with Crippen LogP contribution in [0.4, 0.5) is 4.39 Å². The summed E-state index contributed by atoms with van der Waals surface area (Å²) in [7, 11) is -2.20. The third-order valence-corrected chi connectivity index (χ3v) is 5.03. The molecule has 1 aromatic rings. The lowest BCUT2D eigenvalue weighted by Gasteiger charge is -2.24. The van der Waals surface area contributed by atoms with Gasteiger partial charge in [-0.05, 0) is 31.5 Å². The first-order valence-electron chi connectivity index (χ1n) is 6.02. The Balaban J connectivity index is 3.17. The Morgan fingerprint density at radius 1 is 1.47 bits per heavy atom. The quantitative estimate of drug-likeness (QED) is 0.834. The van der Waals surface area contributed by atoms with E-state index in [2.05, 4.69) is 0 Å². The minimum absolute atomic E-state index is 0.0593. The van der Waals surface area contributed by atoms with Gasteiger partial charge in [-0.2, -0.15) is 9.57 Å². The van der Waals surface area contributed by atoms with Gasteiger partial charge in [0, 0.05) is 13.1 Å². The summed E-state index contributed by atoms with van der Waals surface area (Å²) >= 11 is 0. The maximum absolute atomic E-state index is 13.2. The van der Waals surface area contributed by atoms with E-state index in [1.165, 1.54) is 17.4 Å². The molecule has 0 radical (unpaired) electrons. The van der Waals surface area contributed by atoms with E-state index in [-0.39, 0.29) is 16.5 Å². The summed E-state index contributed by atoms with van der Waals surface area (Å²) in [4.78, 5) is -0.0593. The van der Waals surface area contributed by atoms with Crippen LogP contribution in [0.15, 0.2) is 23.1 Å². The molecule has 0 aliphatic rings. The van der Waals surface area contributed by atoms with Crippen molar-refractivity contribution in [1.29, 1.82) is 5.26 Å². The molecule has 0 saturated carbocycles. The normalized spacial score (nSPS) is 13.3. The van der Waals surface area contributed by atoms with Crippen LogP contribution in [0.3, 0.4) is 0 Å². The van der Waals surface area contributed by atoms with Crippen molar-refractivity contribution < 1.29 is 12.8 Å². The Morgan fingerprint density at radius 2 is 2.11 bits per heavy atom. The SMILES string of the molecule is CCCC(C)N(C)S(=O)(=O)c1ccc(F)c(C#N)c1. The second-order valence-corrected chi connectivity index (χ2v) is 6.41. The van der Waals surface area contributed by atoms with E-state index >= 15 is 0 Å². The van der Waals surface area contributed by atoms with Crippen molar-refractivity contribution >= 4 is 10.0 Å². The second kappa shape index (κ2) is 6.13. The molecule has 0 fully saturated rings. The van der Waals surface area contributed by atoms with E-state index in [0.717, 1.165) is 25.0 Å². The molecule has 1 rings (SSSR count). The molecular weight excluding hydrogens is 267 g/mol. The summed E-state index contributed by atoms with van der Waals surface area (Å²) in [5.74, 6) is -0.717. The van der Waals surface area contributed by atoms with Crippen molar-refractivity contribution in [3.05, 3.63) is 29.6 Å². The lowest BCUT2D eigenvalue weighted by Crippen LogP contribution is -2.35. The number of nitriles is 1. The highest BCUT2D eigenvalue weighted by Crippen LogP contribution is 2.20. The summed E-state index contributed by atoms with van der Waals surface area (Å²) in [5.41, 5.74) is -0.266. The van der Waals surface area contributed by atoms with Crippen LogP contribution in [0, 0.1) is 17.1 Å². The summed E-state index contributed by atoms with van der Waals surface area (Å²) < 4.78 is 39.1. The Kier molecular flexibility index (Phi) is 5.04. The zero-order valence-corrected chi connectivity index (χ0v) is 12.0. The molecule has 6 heteroatoms. The lowest BCUT2D eigenvalue weighted by atomic mass is 10.2. The fourth-order valence-corrected chi connectivity index (χ4v) is 3.17. The van der Waals surface area contributed by atoms with Gasteiger partial charge in [0.1, 0.15) is 11.9 Å². The molecule has 0 saturated heterocycles. The van der Waals surface area contributed by atoms with Crippen LogP contribution in [0.25, 0.3) is 0 Å².